The third-order valence-electron chi connectivity index (χ3n) is 6.24. The molecule has 4 rings (SSSR count). The molecule has 1 saturated carbocycles. The van der Waals surface area contributed by atoms with Gasteiger partial charge in [0.05, 0.1) is 0 Å². The maximum absolute atomic E-state index is 2.84. The summed E-state index contributed by atoms with van der Waals surface area (Å²) in [6, 6.07) is 23.6. The van der Waals surface area contributed by atoms with Crippen molar-refractivity contribution in [1.82, 2.24) is 4.90 Å². The van der Waals surface area contributed by atoms with E-state index >= 15 is 0 Å². The number of hydrogen-bond donors (Lipinski definition) is 0. The Morgan fingerprint density at radius 1 is 0.875 bits per heavy atom. The summed E-state index contributed by atoms with van der Waals surface area (Å²) in [5, 5.41) is 0. The van der Waals surface area contributed by atoms with Crippen molar-refractivity contribution in [2.45, 2.75) is 51.7 Å². The molecule has 1 heteroatoms. The molecule has 2 fully saturated rings. The molecule has 1 nitrogen and oxygen atoms in total. The predicted octanol–water partition coefficient (Wildman–Crippen LogP) is 5.68. The van der Waals surface area contributed by atoms with E-state index in [0.29, 0.717) is 18.0 Å². The SMILES string of the molecule is CC(C)[C@H]1[C@H]2CCC[C@H]2[C@H](c2ccccc2)N1Cc1ccccc1. The van der Waals surface area contributed by atoms with Crippen LogP contribution in [0.3, 0.4) is 0 Å². The van der Waals surface area contributed by atoms with Gasteiger partial charge >= 0.3 is 0 Å². The lowest BCUT2D eigenvalue weighted by Crippen LogP contribution is -2.37. The van der Waals surface area contributed by atoms with Crippen LogP contribution in [0.2, 0.25) is 0 Å². The zero-order valence-corrected chi connectivity index (χ0v) is 14.9. The summed E-state index contributed by atoms with van der Waals surface area (Å²) in [6.07, 6.45) is 4.24. The van der Waals surface area contributed by atoms with Gasteiger partial charge in [-0.05, 0) is 41.7 Å². The van der Waals surface area contributed by atoms with Gasteiger partial charge in [0.15, 0.2) is 0 Å². The molecule has 2 aromatic carbocycles. The summed E-state index contributed by atoms with van der Waals surface area (Å²) in [7, 11) is 0. The van der Waals surface area contributed by atoms with E-state index in [1.807, 2.05) is 0 Å². The van der Waals surface area contributed by atoms with Crippen molar-refractivity contribution < 1.29 is 0 Å². The Morgan fingerprint density at radius 2 is 1.50 bits per heavy atom. The van der Waals surface area contributed by atoms with Crippen molar-refractivity contribution in [3.05, 3.63) is 71.8 Å². The zero-order chi connectivity index (χ0) is 16.5. The fourth-order valence-electron chi connectivity index (χ4n) is 5.48. The Bertz CT molecular complexity index is 648. The highest BCUT2D eigenvalue weighted by atomic mass is 15.2. The van der Waals surface area contributed by atoms with E-state index in [2.05, 4.69) is 79.4 Å². The van der Waals surface area contributed by atoms with E-state index < -0.39 is 0 Å². The first-order valence-corrected chi connectivity index (χ1v) is 9.60. The second-order valence-electron chi connectivity index (χ2n) is 8.01. The van der Waals surface area contributed by atoms with E-state index in [9.17, 15) is 0 Å². The van der Waals surface area contributed by atoms with E-state index in [-0.39, 0.29) is 0 Å². The molecule has 1 aliphatic carbocycles. The molecule has 0 N–H and O–H groups in total. The highest BCUT2D eigenvalue weighted by Gasteiger charge is 2.51. The van der Waals surface area contributed by atoms with Gasteiger partial charge in [-0.2, -0.15) is 0 Å². The number of rotatable bonds is 4. The van der Waals surface area contributed by atoms with Gasteiger partial charge in [0.2, 0.25) is 0 Å². The second kappa shape index (κ2) is 6.72. The Morgan fingerprint density at radius 3 is 2.17 bits per heavy atom. The molecule has 0 aromatic heterocycles. The van der Waals surface area contributed by atoms with Gasteiger partial charge in [-0.25, -0.2) is 0 Å². The van der Waals surface area contributed by atoms with Crippen molar-refractivity contribution in [3.8, 4) is 0 Å². The second-order valence-corrected chi connectivity index (χ2v) is 8.01. The Balaban J connectivity index is 1.72. The van der Waals surface area contributed by atoms with Gasteiger partial charge in [0, 0.05) is 18.6 Å². The Kier molecular flexibility index (Phi) is 4.45. The minimum Gasteiger partial charge on any atom is -0.288 e. The fourth-order valence-corrected chi connectivity index (χ4v) is 5.48. The van der Waals surface area contributed by atoms with Gasteiger partial charge in [0.1, 0.15) is 0 Å². The molecule has 126 valence electrons. The van der Waals surface area contributed by atoms with Crippen molar-refractivity contribution in [2.75, 3.05) is 0 Å². The molecular formula is C23H29N. The zero-order valence-electron chi connectivity index (χ0n) is 14.9. The smallest absolute Gasteiger partial charge is 0.0386 e. The molecule has 1 heterocycles. The minimum absolute atomic E-state index is 0.589. The van der Waals surface area contributed by atoms with Gasteiger partial charge in [-0.1, -0.05) is 80.9 Å². The standard InChI is InChI=1S/C23H29N/c1-17(2)22-20-14-9-15-21(20)23(19-12-7-4-8-13-19)24(22)16-18-10-5-3-6-11-18/h3-8,10-13,17,20-23H,9,14-16H2,1-2H3/t20-,21+,22-,23-/m0/s1. The normalized spacial score (nSPS) is 30.0. The lowest BCUT2D eigenvalue weighted by atomic mass is 9.84. The van der Waals surface area contributed by atoms with Crippen LogP contribution in [0.5, 0.6) is 0 Å². The molecule has 2 aliphatic rings. The number of hydrogen-bond acceptors (Lipinski definition) is 1. The third kappa shape index (κ3) is 2.80. The number of nitrogens with zero attached hydrogens (tertiary/aromatic N) is 1. The average Bonchev–Trinajstić information content (AvgIpc) is 3.16. The molecule has 1 saturated heterocycles. The summed E-state index contributed by atoms with van der Waals surface area (Å²) in [4.78, 5) is 2.84. The van der Waals surface area contributed by atoms with Gasteiger partial charge in [-0.3, -0.25) is 4.90 Å². The molecule has 0 amide bonds. The molecular weight excluding hydrogens is 290 g/mol. The third-order valence-corrected chi connectivity index (χ3v) is 6.24. The summed E-state index contributed by atoms with van der Waals surface area (Å²) in [5.74, 6) is 2.43. The lowest BCUT2D eigenvalue weighted by molar-refractivity contribution is 0.124. The molecule has 0 unspecified atom stereocenters. The maximum atomic E-state index is 2.84. The van der Waals surface area contributed by atoms with E-state index in [1.54, 1.807) is 0 Å². The molecule has 1 aliphatic heterocycles. The topological polar surface area (TPSA) is 3.24 Å². The van der Waals surface area contributed by atoms with Crippen molar-refractivity contribution >= 4 is 0 Å². The van der Waals surface area contributed by atoms with Crippen LogP contribution in [-0.4, -0.2) is 10.9 Å². The summed E-state index contributed by atoms with van der Waals surface area (Å²) >= 11 is 0. The molecule has 2 aromatic rings. The highest BCUT2D eigenvalue weighted by molar-refractivity contribution is 5.25. The number of benzene rings is 2. The largest absolute Gasteiger partial charge is 0.288 e. The van der Waals surface area contributed by atoms with Gasteiger partial charge in [0.25, 0.3) is 0 Å². The van der Waals surface area contributed by atoms with E-state index in [1.165, 1.54) is 30.4 Å². The van der Waals surface area contributed by atoms with Crippen molar-refractivity contribution in [3.63, 3.8) is 0 Å². The van der Waals surface area contributed by atoms with Crippen LogP contribution in [0.4, 0.5) is 0 Å². The van der Waals surface area contributed by atoms with Crippen molar-refractivity contribution in [2.24, 2.45) is 17.8 Å². The molecule has 0 radical (unpaired) electrons. The Hall–Kier alpha value is -1.60. The first-order valence-electron chi connectivity index (χ1n) is 9.60. The molecule has 0 spiro atoms. The van der Waals surface area contributed by atoms with Crippen LogP contribution in [0.15, 0.2) is 60.7 Å². The van der Waals surface area contributed by atoms with Crippen LogP contribution in [0, 0.1) is 17.8 Å². The highest BCUT2D eigenvalue weighted by Crippen LogP contribution is 2.54. The summed E-state index contributed by atoms with van der Waals surface area (Å²) in [6.45, 7) is 5.92. The van der Waals surface area contributed by atoms with Crippen LogP contribution >= 0.6 is 0 Å². The quantitative estimate of drug-likeness (QED) is 0.700. The molecule has 24 heavy (non-hydrogen) atoms. The van der Waals surface area contributed by atoms with Gasteiger partial charge in [-0.15, -0.1) is 0 Å². The predicted molar refractivity (Wildman–Crippen MR) is 101 cm³/mol. The first-order chi connectivity index (χ1) is 11.8. The summed E-state index contributed by atoms with van der Waals surface area (Å²) in [5.41, 5.74) is 2.97. The molecule has 4 atom stereocenters. The number of fused-ring (bicyclic) bond motifs is 1. The lowest BCUT2D eigenvalue weighted by Gasteiger charge is -2.35. The molecule has 0 bridgehead atoms. The average molecular weight is 319 g/mol. The van der Waals surface area contributed by atoms with Gasteiger partial charge < -0.3 is 0 Å². The Labute approximate surface area is 146 Å². The van der Waals surface area contributed by atoms with Crippen LogP contribution < -0.4 is 0 Å². The first kappa shape index (κ1) is 15.9. The van der Waals surface area contributed by atoms with E-state index in [4.69, 9.17) is 0 Å². The summed E-state index contributed by atoms with van der Waals surface area (Å²) < 4.78 is 0. The minimum atomic E-state index is 0.589. The van der Waals surface area contributed by atoms with Crippen molar-refractivity contribution in [1.29, 1.82) is 0 Å². The maximum Gasteiger partial charge on any atom is 0.0386 e. The monoisotopic (exact) mass is 319 g/mol. The fraction of sp³-hybridized carbons (Fsp3) is 0.478. The van der Waals surface area contributed by atoms with E-state index in [0.717, 1.165) is 18.4 Å². The van der Waals surface area contributed by atoms with Crippen LogP contribution in [0.25, 0.3) is 0 Å². The number of likely N-dealkylation sites (tertiary alicyclic amines) is 1. The van der Waals surface area contributed by atoms with Crippen LogP contribution in [-0.2, 0) is 6.54 Å². The van der Waals surface area contributed by atoms with Crippen LogP contribution in [0.1, 0.15) is 50.3 Å².